The molecule has 6 heteroatoms. The molecular weight excluding hydrogens is 370 g/mol. The maximum atomic E-state index is 12.0. The van der Waals surface area contributed by atoms with Crippen molar-refractivity contribution in [2.24, 2.45) is 0 Å². The molecule has 0 spiro atoms. The molecule has 0 fully saturated rings. The molecule has 6 nitrogen and oxygen atoms in total. The second-order valence-electron chi connectivity index (χ2n) is 6.41. The van der Waals surface area contributed by atoms with Gasteiger partial charge in [-0.1, -0.05) is 50.2 Å². The number of ether oxygens (including phenoxy) is 2. The molecule has 0 aliphatic carbocycles. The van der Waals surface area contributed by atoms with Gasteiger partial charge in [0, 0.05) is 18.7 Å². The summed E-state index contributed by atoms with van der Waals surface area (Å²) in [6, 6.07) is 15.4. The molecule has 0 saturated carbocycles. The summed E-state index contributed by atoms with van der Waals surface area (Å²) in [5, 5.41) is 8.68. The number of carboxylic acids is 1. The number of hydrogen-bond donors (Lipinski definition) is 1. The SMILES string of the molecule is CCN(CC)CCOc1ccc(Cc2ccccc2)cc1OC(=O)/C=C/C(=O)O. The third-order valence-corrected chi connectivity index (χ3v) is 4.39. The number of carboxylic acid groups (broad SMARTS) is 1. The number of esters is 1. The highest BCUT2D eigenvalue weighted by atomic mass is 16.6. The van der Waals surface area contributed by atoms with Crippen LogP contribution in [0.15, 0.2) is 60.7 Å². The summed E-state index contributed by atoms with van der Waals surface area (Å²) in [4.78, 5) is 24.8. The Bertz CT molecular complexity index is 828. The van der Waals surface area contributed by atoms with Crippen molar-refractivity contribution >= 4 is 11.9 Å². The van der Waals surface area contributed by atoms with E-state index in [1.54, 1.807) is 12.1 Å². The van der Waals surface area contributed by atoms with Gasteiger partial charge in [-0.25, -0.2) is 9.59 Å². The number of rotatable bonds is 11. The third kappa shape index (κ3) is 7.79. The molecule has 154 valence electrons. The van der Waals surface area contributed by atoms with E-state index in [1.165, 1.54) is 0 Å². The molecule has 0 radical (unpaired) electrons. The van der Waals surface area contributed by atoms with Crippen molar-refractivity contribution in [2.45, 2.75) is 20.3 Å². The average molecular weight is 397 g/mol. The Balaban J connectivity index is 2.16. The summed E-state index contributed by atoms with van der Waals surface area (Å²) in [5.74, 6) is -1.25. The van der Waals surface area contributed by atoms with Crippen LogP contribution in [-0.4, -0.2) is 48.2 Å². The Morgan fingerprint density at radius 2 is 1.69 bits per heavy atom. The number of aliphatic carboxylic acids is 1. The van der Waals surface area contributed by atoms with Crippen molar-refractivity contribution in [3.05, 3.63) is 71.8 Å². The standard InChI is InChI=1S/C23H27NO5/c1-3-24(4-2)14-15-28-20-11-10-19(16-18-8-6-5-7-9-18)17-21(20)29-23(27)13-12-22(25)26/h5-13,17H,3-4,14-16H2,1-2H3,(H,25,26)/b13-12+. The second kappa shape index (κ2) is 11.7. The fraction of sp³-hybridized carbons (Fsp3) is 0.304. The number of hydrogen-bond acceptors (Lipinski definition) is 5. The van der Waals surface area contributed by atoms with E-state index < -0.39 is 11.9 Å². The summed E-state index contributed by atoms with van der Waals surface area (Å²) in [5.41, 5.74) is 2.09. The van der Waals surface area contributed by atoms with E-state index in [9.17, 15) is 9.59 Å². The lowest BCUT2D eigenvalue weighted by molar-refractivity contribution is -0.133. The minimum Gasteiger partial charge on any atom is -0.488 e. The van der Waals surface area contributed by atoms with E-state index in [1.807, 2.05) is 36.4 Å². The molecule has 0 saturated heterocycles. The topological polar surface area (TPSA) is 76.1 Å². The highest BCUT2D eigenvalue weighted by Crippen LogP contribution is 2.29. The molecule has 0 atom stereocenters. The van der Waals surface area contributed by atoms with E-state index >= 15 is 0 Å². The number of carbonyl (C=O) groups excluding carboxylic acids is 1. The van der Waals surface area contributed by atoms with Crippen molar-refractivity contribution < 1.29 is 24.2 Å². The molecule has 2 aromatic carbocycles. The number of carbonyl (C=O) groups is 2. The summed E-state index contributed by atoms with van der Waals surface area (Å²) < 4.78 is 11.2. The first-order valence-electron chi connectivity index (χ1n) is 9.66. The fourth-order valence-electron chi connectivity index (χ4n) is 2.80. The minimum atomic E-state index is -1.21. The number of likely N-dealkylation sites (N-methyl/N-ethyl adjacent to an activating group) is 1. The molecular formula is C23H27NO5. The van der Waals surface area contributed by atoms with Gasteiger partial charge in [-0.3, -0.25) is 0 Å². The van der Waals surface area contributed by atoms with E-state index in [4.69, 9.17) is 14.6 Å². The lowest BCUT2D eigenvalue weighted by atomic mass is 10.0. The molecule has 0 heterocycles. The average Bonchev–Trinajstić information content (AvgIpc) is 2.72. The summed E-state index contributed by atoms with van der Waals surface area (Å²) in [6.07, 6.45) is 2.30. The van der Waals surface area contributed by atoms with Gasteiger partial charge in [-0.15, -0.1) is 0 Å². The lowest BCUT2D eigenvalue weighted by Gasteiger charge is -2.19. The summed E-state index contributed by atoms with van der Waals surface area (Å²) >= 11 is 0. The largest absolute Gasteiger partial charge is 0.488 e. The van der Waals surface area contributed by atoms with Crippen LogP contribution in [-0.2, 0) is 16.0 Å². The van der Waals surface area contributed by atoms with Gasteiger partial charge in [-0.05, 0) is 42.8 Å². The van der Waals surface area contributed by atoms with Crippen LogP contribution in [0.25, 0.3) is 0 Å². The first-order chi connectivity index (χ1) is 14.0. The van der Waals surface area contributed by atoms with Crippen LogP contribution in [0.2, 0.25) is 0 Å². The van der Waals surface area contributed by atoms with Gasteiger partial charge in [0.1, 0.15) is 6.61 Å². The van der Waals surface area contributed by atoms with Crippen LogP contribution >= 0.6 is 0 Å². The molecule has 0 unspecified atom stereocenters. The molecule has 0 aliphatic heterocycles. The van der Waals surface area contributed by atoms with Crippen LogP contribution in [0, 0.1) is 0 Å². The van der Waals surface area contributed by atoms with Gasteiger partial charge >= 0.3 is 11.9 Å². The van der Waals surface area contributed by atoms with Crippen LogP contribution < -0.4 is 9.47 Å². The van der Waals surface area contributed by atoms with Gasteiger partial charge in [0.25, 0.3) is 0 Å². The molecule has 0 aromatic heterocycles. The zero-order valence-corrected chi connectivity index (χ0v) is 16.8. The van der Waals surface area contributed by atoms with E-state index in [-0.39, 0.29) is 5.75 Å². The Hall–Kier alpha value is -3.12. The van der Waals surface area contributed by atoms with Gasteiger partial charge in [-0.2, -0.15) is 0 Å². The predicted molar refractivity (Wildman–Crippen MR) is 111 cm³/mol. The van der Waals surface area contributed by atoms with Gasteiger partial charge in [0.2, 0.25) is 0 Å². The predicted octanol–water partition coefficient (Wildman–Crippen LogP) is 3.54. The zero-order valence-electron chi connectivity index (χ0n) is 16.8. The van der Waals surface area contributed by atoms with Crippen LogP contribution in [0.5, 0.6) is 11.5 Å². The molecule has 0 bridgehead atoms. The molecule has 0 aliphatic rings. The van der Waals surface area contributed by atoms with Gasteiger partial charge < -0.3 is 19.5 Å². The van der Waals surface area contributed by atoms with Crippen LogP contribution in [0.4, 0.5) is 0 Å². The van der Waals surface area contributed by atoms with Crippen LogP contribution in [0.1, 0.15) is 25.0 Å². The maximum absolute atomic E-state index is 12.0. The Kier molecular flexibility index (Phi) is 8.92. The highest BCUT2D eigenvalue weighted by Gasteiger charge is 2.12. The molecule has 0 amide bonds. The minimum absolute atomic E-state index is 0.276. The van der Waals surface area contributed by atoms with Gasteiger partial charge in [0.05, 0.1) is 0 Å². The van der Waals surface area contributed by atoms with E-state index in [0.717, 1.165) is 42.9 Å². The summed E-state index contributed by atoms with van der Waals surface area (Å²) in [7, 11) is 0. The fourth-order valence-corrected chi connectivity index (χ4v) is 2.80. The summed E-state index contributed by atoms with van der Waals surface area (Å²) in [6.45, 7) is 7.24. The van der Waals surface area contributed by atoms with E-state index in [0.29, 0.717) is 18.8 Å². The Morgan fingerprint density at radius 3 is 2.34 bits per heavy atom. The maximum Gasteiger partial charge on any atom is 0.336 e. The first kappa shape index (κ1) is 22.2. The van der Waals surface area contributed by atoms with Crippen molar-refractivity contribution in [1.82, 2.24) is 4.90 Å². The Morgan fingerprint density at radius 1 is 0.966 bits per heavy atom. The smallest absolute Gasteiger partial charge is 0.336 e. The lowest BCUT2D eigenvalue weighted by Crippen LogP contribution is -2.28. The second-order valence-corrected chi connectivity index (χ2v) is 6.41. The molecule has 29 heavy (non-hydrogen) atoms. The van der Waals surface area contributed by atoms with Crippen molar-refractivity contribution in [3.63, 3.8) is 0 Å². The highest BCUT2D eigenvalue weighted by molar-refractivity contribution is 5.92. The van der Waals surface area contributed by atoms with Gasteiger partial charge in [0.15, 0.2) is 11.5 Å². The number of benzene rings is 2. The molecule has 1 N–H and O–H groups in total. The molecule has 2 rings (SSSR count). The van der Waals surface area contributed by atoms with E-state index in [2.05, 4.69) is 18.7 Å². The quantitative estimate of drug-likeness (QED) is 0.355. The molecule has 2 aromatic rings. The third-order valence-electron chi connectivity index (χ3n) is 4.39. The Labute approximate surface area is 171 Å². The monoisotopic (exact) mass is 397 g/mol. The first-order valence-corrected chi connectivity index (χ1v) is 9.66. The normalized spacial score (nSPS) is 11.0. The zero-order chi connectivity index (χ0) is 21.1. The van der Waals surface area contributed by atoms with Crippen molar-refractivity contribution in [3.8, 4) is 11.5 Å². The van der Waals surface area contributed by atoms with Crippen molar-refractivity contribution in [2.75, 3.05) is 26.2 Å². The number of nitrogens with zero attached hydrogens (tertiary/aromatic N) is 1. The van der Waals surface area contributed by atoms with Crippen LogP contribution in [0.3, 0.4) is 0 Å². The van der Waals surface area contributed by atoms with Crippen molar-refractivity contribution in [1.29, 1.82) is 0 Å².